The van der Waals surface area contributed by atoms with E-state index >= 15 is 0 Å². The number of aryl methyl sites for hydroxylation is 1. The molecular formula is C27H29ClF2N2O4. The predicted octanol–water partition coefficient (Wildman–Crippen LogP) is 6.48. The van der Waals surface area contributed by atoms with Crippen LogP contribution in [0.1, 0.15) is 44.6 Å². The van der Waals surface area contributed by atoms with Crippen LogP contribution in [0.2, 0.25) is 5.02 Å². The molecule has 1 atom stereocenters. The van der Waals surface area contributed by atoms with Gasteiger partial charge >= 0.3 is 6.09 Å². The van der Waals surface area contributed by atoms with Crippen LogP contribution in [-0.2, 0) is 16.0 Å². The van der Waals surface area contributed by atoms with Gasteiger partial charge in [0.05, 0.1) is 11.6 Å². The lowest BCUT2D eigenvalue weighted by atomic mass is 9.76. The number of amides is 1. The molecule has 0 aliphatic heterocycles. The van der Waals surface area contributed by atoms with Gasteiger partial charge < -0.3 is 9.84 Å². The molecule has 1 amide bonds. The van der Waals surface area contributed by atoms with E-state index in [4.69, 9.17) is 21.4 Å². The predicted molar refractivity (Wildman–Crippen MR) is 135 cm³/mol. The highest BCUT2D eigenvalue weighted by atomic mass is 35.5. The molecule has 36 heavy (non-hydrogen) atoms. The first kappa shape index (κ1) is 27.5. The molecule has 3 aromatic rings. The van der Waals surface area contributed by atoms with E-state index in [1.54, 1.807) is 31.2 Å². The van der Waals surface area contributed by atoms with Crippen LogP contribution >= 0.6 is 11.6 Å². The third kappa shape index (κ3) is 7.45. The molecule has 0 saturated heterocycles. The van der Waals surface area contributed by atoms with E-state index in [0.29, 0.717) is 36.6 Å². The molecule has 1 unspecified atom stereocenters. The number of nitrogens with zero attached hydrogens (tertiary/aromatic N) is 1. The van der Waals surface area contributed by atoms with Gasteiger partial charge in [-0.3, -0.25) is 10.1 Å². The van der Waals surface area contributed by atoms with E-state index < -0.39 is 23.1 Å². The second-order valence-corrected chi connectivity index (χ2v) is 9.33. The Hall–Kier alpha value is -3.10. The number of pyridine rings is 1. The van der Waals surface area contributed by atoms with Crippen LogP contribution in [0.15, 0.2) is 48.7 Å². The fraction of sp³-hybridized carbons (Fsp3) is 0.370. The van der Waals surface area contributed by atoms with E-state index in [0.717, 1.165) is 5.39 Å². The third-order valence-corrected chi connectivity index (χ3v) is 6.69. The van der Waals surface area contributed by atoms with Gasteiger partial charge in [-0.1, -0.05) is 37.1 Å². The van der Waals surface area contributed by atoms with Crippen molar-refractivity contribution in [1.29, 1.82) is 0 Å². The topological polar surface area (TPSA) is 88.5 Å². The van der Waals surface area contributed by atoms with Crippen molar-refractivity contribution in [3.63, 3.8) is 0 Å². The number of rotatable bonds is 12. The van der Waals surface area contributed by atoms with Crippen LogP contribution in [0, 0.1) is 17.0 Å². The number of anilines is 1. The Kier molecular flexibility index (Phi) is 9.73. The van der Waals surface area contributed by atoms with Crippen molar-refractivity contribution in [2.24, 2.45) is 5.41 Å². The van der Waals surface area contributed by atoms with Gasteiger partial charge in [0.25, 0.3) is 0 Å². The zero-order valence-corrected chi connectivity index (χ0v) is 20.8. The van der Waals surface area contributed by atoms with Gasteiger partial charge in [0.1, 0.15) is 23.2 Å². The highest BCUT2D eigenvalue weighted by molar-refractivity contribution is 6.31. The summed E-state index contributed by atoms with van der Waals surface area (Å²) in [5.41, 5.74) is -0.241. The van der Waals surface area contributed by atoms with Crippen LogP contribution in [-0.4, -0.2) is 35.2 Å². The number of hydrogen-bond acceptors (Lipinski definition) is 5. The van der Waals surface area contributed by atoms with E-state index in [-0.39, 0.29) is 42.7 Å². The van der Waals surface area contributed by atoms with Crippen LogP contribution in [0.4, 0.5) is 19.4 Å². The Labute approximate surface area is 213 Å². The number of nitrogens with one attached hydrogen (secondary N) is 1. The number of aromatic nitrogens is 1. The molecule has 9 heteroatoms. The van der Waals surface area contributed by atoms with E-state index in [1.165, 1.54) is 24.4 Å². The van der Waals surface area contributed by atoms with Gasteiger partial charge in [0.15, 0.2) is 0 Å². The summed E-state index contributed by atoms with van der Waals surface area (Å²) in [7, 11) is 0. The molecule has 2 N–H and O–H groups in total. The van der Waals surface area contributed by atoms with Crippen molar-refractivity contribution >= 4 is 40.1 Å². The third-order valence-electron chi connectivity index (χ3n) is 6.26. The highest BCUT2D eigenvalue weighted by Crippen LogP contribution is 2.32. The first-order valence-corrected chi connectivity index (χ1v) is 12.2. The van der Waals surface area contributed by atoms with Crippen molar-refractivity contribution in [3.05, 3.63) is 70.9 Å². The second kappa shape index (κ2) is 12.7. The van der Waals surface area contributed by atoms with Gasteiger partial charge in [0, 0.05) is 30.0 Å². The average molecular weight is 519 g/mol. The first-order chi connectivity index (χ1) is 17.2. The lowest BCUT2D eigenvalue weighted by Gasteiger charge is -2.28. The molecule has 1 heterocycles. The minimum absolute atomic E-state index is 0.0114. The summed E-state index contributed by atoms with van der Waals surface area (Å²) >= 11 is 6.02. The van der Waals surface area contributed by atoms with Crippen molar-refractivity contribution in [2.45, 2.75) is 45.4 Å². The number of fused-ring (bicyclic) bond motifs is 1. The largest absolute Gasteiger partial charge is 0.449 e. The molecule has 0 bridgehead atoms. The number of ketones is 1. The molecule has 1 aromatic heterocycles. The second-order valence-electron chi connectivity index (χ2n) is 8.95. The molecule has 6 nitrogen and oxygen atoms in total. The van der Waals surface area contributed by atoms with Crippen molar-refractivity contribution in [2.75, 3.05) is 18.5 Å². The number of carbonyl (C=O) groups is 2. The zero-order valence-electron chi connectivity index (χ0n) is 20.0. The van der Waals surface area contributed by atoms with Crippen molar-refractivity contribution in [1.82, 2.24) is 4.98 Å². The molecule has 0 aliphatic rings. The Morgan fingerprint density at radius 3 is 2.69 bits per heavy atom. The molecule has 0 radical (unpaired) electrons. The lowest BCUT2D eigenvalue weighted by molar-refractivity contribution is -0.129. The molecule has 192 valence electrons. The summed E-state index contributed by atoms with van der Waals surface area (Å²) in [6.07, 6.45) is 3.19. The summed E-state index contributed by atoms with van der Waals surface area (Å²) in [6, 6.07) is 10.3. The summed E-state index contributed by atoms with van der Waals surface area (Å²) in [5.74, 6) is -0.764. The highest BCUT2D eigenvalue weighted by Gasteiger charge is 2.32. The van der Waals surface area contributed by atoms with Gasteiger partial charge in [-0.05, 0) is 67.0 Å². The van der Waals surface area contributed by atoms with Gasteiger partial charge in [-0.2, -0.15) is 0 Å². The minimum atomic E-state index is -0.798. The quantitative estimate of drug-likeness (QED) is 0.268. The summed E-state index contributed by atoms with van der Waals surface area (Å²) < 4.78 is 32.5. The number of carbonyl (C=O) groups excluding carboxylic acids is 2. The number of ether oxygens (including phenoxy) is 1. The number of aliphatic hydroxyl groups is 1. The maximum atomic E-state index is 13.7. The maximum absolute atomic E-state index is 13.7. The number of unbranched alkanes of at least 4 members (excludes halogenated alkanes) is 1. The Morgan fingerprint density at radius 2 is 1.92 bits per heavy atom. The minimum Gasteiger partial charge on any atom is -0.449 e. The van der Waals surface area contributed by atoms with Crippen molar-refractivity contribution in [3.8, 4) is 0 Å². The Bertz CT molecular complexity index is 1220. The average Bonchev–Trinajstić information content (AvgIpc) is 2.84. The van der Waals surface area contributed by atoms with Gasteiger partial charge in [0.2, 0.25) is 0 Å². The van der Waals surface area contributed by atoms with Crippen LogP contribution < -0.4 is 5.32 Å². The smallest absolute Gasteiger partial charge is 0.412 e. The summed E-state index contributed by atoms with van der Waals surface area (Å²) in [4.78, 5) is 29.6. The standard InChI is InChI=1S/C27H29ClF2N2O4/c1-27(11-2-3-13-33,23(34)10-8-18-5-4-6-22(30)25(18)28)12-14-36-26(35)32-24-16-20-15-21(29)9-7-19(20)17-31-24/h4-7,9,15-17,33H,2-3,8,10-14H2,1H3,(H,31,32,35). The fourth-order valence-electron chi connectivity index (χ4n) is 4.01. The normalized spacial score (nSPS) is 12.8. The SMILES string of the molecule is CC(CCCCO)(CCOC(=O)Nc1cc2cc(F)ccc2cn1)C(=O)CCc1cccc(F)c1Cl. The van der Waals surface area contributed by atoms with E-state index in [2.05, 4.69) is 10.3 Å². The summed E-state index contributed by atoms with van der Waals surface area (Å²) in [5, 5.41) is 13.0. The molecule has 2 aromatic carbocycles. The molecule has 0 fully saturated rings. The van der Waals surface area contributed by atoms with Crippen molar-refractivity contribution < 1.29 is 28.2 Å². The number of hydrogen-bond donors (Lipinski definition) is 2. The van der Waals surface area contributed by atoms with Crippen LogP contribution in [0.3, 0.4) is 0 Å². The zero-order chi connectivity index (χ0) is 26.1. The molecular weight excluding hydrogens is 490 g/mol. The van der Waals surface area contributed by atoms with E-state index in [1.807, 2.05) is 0 Å². The summed E-state index contributed by atoms with van der Waals surface area (Å²) in [6.45, 7) is 1.81. The Balaban J connectivity index is 1.57. The molecule has 3 rings (SSSR count). The number of halogens is 3. The number of Topliss-reactive ketones (excluding diaryl/α,β-unsaturated/α-hetero) is 1. The van der Waals surface area contributed by atoms with Crippen LogP contribution in [0.25, 0.3) is 10.8 Å². The van der Waals surface area contributed by atoms with Gasteiger partial charge in [-0.15, -0.1) is 0 Å². The number of aliphatic hydroxyl groups excluding tert-OH is 1. The maximum Gasteiger partial charge on any atom is 0.412 e. The van der Waals surface area contributed by atoms with E-state index in [9.17, 15) is 18.4 Å². The van der Waals surface area contributed by atoms with Gasteiger partial charge in [-0.25, -0.2) is 18.6 Å². The Morgan fingerprint density at radius 1 is 1.11 bits per heavy atom. The van der Waals surface area contributed by atoms with Crippen LogP contribution in [0.5, 0.6) is 0 Å². The first-order valence-electron chi connectivity index (χ1n) is 11.8. The fourth-order valence-corrected chi connectivity index (χ4v) is 4.23. The molecule has 0 saturated carbocycles. The number of benzene rings is 2. The molecule has 0 spiro atoms. The monoisotopic (exact) mass is 518 g/mol. The molecule has 0 aliphatic carbocycles. The lowest BCUT2D eigenvalue weighted by Crippen LogP contribution is -2.31.